The molecule has 0 fully saturated rings. The van der Waals surface area contributed by atoms with E-state index >= 15 is 0 Å². The van der Waals surface area contributed by atoms with E-state index in [4.69, 9.17) is 9.92 Å². The van der Waals surface area contributed by atoms with E-state index in [9.17, 15) is 17.6 Å². The zero-order valence-electron chi connectivity index (χ0n) is 16.9. The minimum atomic E-state index is -4.13. The number of carbonyl (C=O) groups is 1. The number of nitrogens with two attached hydrogens (primary N) is 1. The van der Waals surface area contributed by atoms with Gasteiger partial charge in [-0.15, -0.1) is 0 Å². The highest BCUT2D eigenvalue weighted by atomic mass is 79.9. The lowest BCUT2D eigenvalue weighted by molar-refractivity contribution is -0.129. The van der Waals surface area contributed by atoms with Crippen molar-refractivity contribution in [3.05, 3.63) is 76.4 Å². The molecule has 166 valence electrons. The molecule has 9 nitrogen and oxygen atoms in total. The van der Waals surface area contributed by atoms with Crippen LogP contribution in [0.2, 0.25) is 0 Å². The van der Waals surface area contributed by atoms with E-state index in [-0.39, 0.29) is 21.2 Å². The van der Waals surface area contributed by atoms with Crippen LogP contribution < -0.4 is 9.92 Å². The number of amides is 1. The summed E-state index contributed by atoms with van der Waals surface area (Å²) in [6.07, 6.45) is 2.66. The Morgan fingerprint density at radius 3 is 2.31 bits per heavy atom. The van der Waals surface area contributed by atoms with Gasteiger partial charge in [0.25, 0.3) is 5.91 Å². The third kappa shape index (κ3) is 3.54. The van der Waals surface area contributed by atoms with Crippen LogP contribution in [0.3, 0.4) is 0 Å². The molecular formula is C20H17BrFN5O4S. The smallest absolute Gasteiger partial charge is 0.358 e. The molecule has 12 heteroatoms. The number of hydrogen-bond donors (Lipinski definition) is 1. The number of aryl methyl sites for hydroxylation is 1. The second kappa shape index (κ2) is 7.71. The van der Waals surface area contributed by atoms with Crippen LogP contribution in [0.15, 0.2) is 69.5 Å². The highest BCUT2D eigenvalue weighted by molar-refractivity contribution is 9.10. The molecule has 1 aliphatic rings. The van der Waals surface area contributed by atoms with E-state index in [2.05, 4.69) is 25.9 Å². The first kappa shape index (κ1) is 22.0. The normalized spacial score (nSPS) is 18.7. The Labute approximate surface area is 191 Å². The molecule has 2 N–H and O–H groups in total. The lowest BCUT2D eigenvalue weighted by atomic mass is 9.83. The maximum Gasteiger partial charge on any atom is 0.358 e. The summed E-state index contributed by atoms with van der Waals surface area (Å²) in [7, 11) is -1.01. The Morgan fingerprint density at radius 1 is 1.12 bits per heavy atom. The highest BCUT2D eigenvalue weighted by Gasteiger charge is 2.49. The van der Waals surface area contributed by atoms with Gasteiger partial charge in [0.1, 0.15) is 11.6 Å². The molecule has 1 amide bonds. The fourth-order valence-electron chi connectivity index (χ4n) is 3.34. The van der Waals surface area contributed by atoms with Gasteiger partial charge in [-0.1, -0.05) is 18.2 Å². The van der Waals surface area contributed by atoms with Crippen LogP contribution in [0, 0.1) is 5.82 Å². The Kier molecular flexibility index (Phi) is 5.29. The summed E-state index contributed by atoms with van der Waals surface area (Å²) in [5.41, 5.74) is 5.15. The van der Waals surface area contributed by atoms with E-state index in [1.165, 1.54) is 71.5 Å². The highest BCUT2D eigenvalue weighted by Crippen LogP contribution is 2.41. The molecule has 0 saturated carbocycles. The van der Waals surface area contributed by atoms with E-state index in [0.717, 1.165) is 0 Å². The van der Waals surface area contributed by atoms with Gasteiger partial charge in [0, 0.05) is 20.3 Å². The molecule has 3 aromatic rings. The van der Waals surface area contributed by atoms with E-state index in [1.807, 2.05) is 0 Å². The first-order valence-corrected chi connectivity index (χ1v) is 11.4. The number of aromatic nitrogens is 2. The molecule has 2 heterocycles. The molecule has 0 aliphatic carbocycles. The van der Waals surface area contributed by atoms with Crippen molar-refractivity contribution in [2.45, 2.75) is 10.6 Å². The van der Waals surface area contributed by atoms with Gasteiger partial charge in [-0.3, -0.25) is 9.69 Å². The van der Waals surface area contributed by atoms with E-state index in [0.29, 0.717) is 11.1 Å². The Balaban J connectivity index is 1.75. The third-order valence-corrected chi connectivity index (χ3v) is 6.74. The lowest BCUT2D eigenvalue weighted by Crippen LogP contribution is -2.41. The van der Waals surface area contributed by atoms with Crippen molar-refractivity contribution in [2.75, 3.05) is 7.05 Å². The van der Waals surface area contributed by atoms with Crippen LogP contribution >= 0.6 is 15.9 Å². The summed E-state index contributed by atoms with van der Waals surface area (Å²) in [4.78, 5) is 22.6. The molecule has 2 aromatic carbocycles. The van der Waals surface area contributed by atoms with Gasteiger partial charge < -0.3 is 14.5 Å². The maximum absolute atomic E-state index is 13.8. The van der Waals surface area contributed by atoms with Crippen LogP contribution in [-0.2, 0) is 27.5 Å². The van der Waals surface area contributed by atoms with Gasteiger partial charge in [0.15, 0.2) is 11.5 Å². The minimum absolute atomic E-state index is 0.00602. The first-order valence-electron chi connectivity index (χ1n) is 9.16. The molecule has 32 heavy (non-hydrogen) atoms. The number of nitrogens with zero attached hydrogens (tertiary/aromatic N) is 4. The number of rotatable bonds is 5. The predicted molar refractivity (Wildman–Crippen MR) is 117 cm³/mol. The van der Waals surface area contributed by atoms with E-state index in [1.54, 1.807) is 7.05 Å². The summed E-state index contributed by atoms with van der Waals surface area (Å²) in [6.45, 7) is 0. The van der Waals surface area contributed by atoms with Crippen molar-refractivity contribution in [3.8, 4) is 5.75 Å². The predicted octanol–water partition coefficient (Wildman–Crippen LogP) is 2.12. The van der Waals surface area contributed by atoms with E-state index < -0.39 is 27.4 Å². The number of carbonyl (C=O) groups excluding carboxylic acids is 1. The summed E-state index contributed by atoms with van der Waals surface area (Å²) in [6, 6.07) is 9.93. The van der Waals surface area contributed by atoms with Crippen LogP contribution in [-0.4, -0.2) is 41.8 Å². The number of likely N-dealkylation sites (N-methyl/N-ethyl adjacent to an activating group) is 1. The third-order valence-electron chi connectivity index (χ3n) is 4.99. The largest absolute Gasteiger partial charge is 0.378 e. The quantitative estimate of drug-likeness (QED) is 0.513. The van der Waals surface area contributed by atoms with Gasteiger partial charge in [-0.25, -0.2) is 14.4 Å². The minimum Gasteiger partial charge on any atom is -0.378 e. The topological polar surface area (TPSA) is 120 Å². The number of hydrogen-bond acceptors (Lipinski definition) is 7. The molecule has 1 unspecified atom stereocenters. The van der Waals surface area contributed by atoms with Crippen LogP contribution in [0.5, 0.6) is 5.75 Å². The monoisotopic (exact) mass is 521 g/mol. The van der Waals surface area contributed by atoms with Crippen molar-refractivity contribution in [1.82, 2.24) is 14.5 Å². The lowest BCUT2D eigenvalue weighted by Gasteiger charge is -2.26. The summed E-state index contributed by atoms with van der Waals surface area (Å²) < 4.78 is 45.4. The van der Waals surface area contributed by atoms with Crippen molar-refractivity contribution in [2.24, 2.45) is 17.8 Å². The number of benzene rings is 2. The van der Waals surface area contributed by atoms with Gasteiger partial charge >= 0.3 is 10.1 Å². The molecule has 0 saturated heterocycles. The van der Waals surface area contributed by atoms with Gasteiger partial charge in [-0.05, 0) is 51.3 Å². The van der Waals surface area contributed by atoms with Crippen molar-refractivity contribution < 1.29 is 21.8 Å². The Hall–Kier alpha value is -3.25. The van der Waals surface area contributed by atoms with Crippen molar-refractivity contribution in [3.63, 3.8) is 0 Å². The number of aliphatic imine (C=N–C) groups is 1. The fourth-order valence-corrected chi connectivity index (χ4v) is 4.64. The van der Waals surface area contributed by atoms with Gasteiger partial charge in [0.05, 0.1) is 10.8 Å². The second-order valence-corrected chi connectivity index (χ2v) is 9.46. The number of imidazole rings is 1. The van der Waals surface area contributed by atoms with Crippen molar-refractivity contribution >= 4 is 37.9 Å². The average Bonchev–Trinajstić information content (AvgIpc) is 3.29. The SMILES string of the molecule is CN1C(=O)C(c2ccc(OS(=O)(=O)c3cn(C)cn3)cc2)(c2ccc(F)c(Br)c2)N=C1N. The zero-order valence-corrected chi connectivity index (χ0v) is 19.3. The molecule has 1 aromatic heterocycles. The van der Waals surface area contributed by atoms with Crippen LogP contribution in [0.4, 0.5) is 4.39 Å². The molecule has 0 spiro atoms. The molecule has 1 atom stereocenters. The Bertz CT molecular complexity index is 1360. The van der Waals surface area contributed by atoms with Gasteiger partial charge in [0.2, 0.25) is 5.03 Å². The summed E-state index contributed by atoms with van der Waals surface area (Å²) >= 11 is 3.13. The second-order valence-electron chi connectivity index (χ2n) is 7.11. The number of halogens is 2. The van der Waals surface area contributed by atoms with Crippen molar-refractivity contribution in [1.29, 1.82) is 0 Å². The zero-order chi connectivity index (χ0) is 23.3. The first-order chi connectivity index (χ1) is 15.0. The average molecular weight is 522 g/mol. The molecular weight excluding hydrogens is 505 g/mol. The van der Waals surface area contributed by atoms with Crippen LogP contribution in [0.25, 0.3) is 0 Å². The molecule has 4 rings (SSSR count). The molecule has 1 aliphatic heterocycles. The number of guanidine groups is 1. The molecule has 0 bridgehead atoms. The Morgan fingerprint density at radius 2 is 1.78 bits per heavy atom. The maximum atomic E-state index is 13.8. The summed E-state index contributed by atoms with van der Waals surface area (Å²) in [5.74, 6) is -0.925. The summed E-state index contributed by atoms with van der Waals surface area (Å²) in [5, 5.41) is -0.235. The molecule has 0 radical (unpaired) electrons. The van der Waals surface area contributed by atoms with Gasteiger partial charge in [-0.2, -0.15) is 8.42 Å². The standard InChI is InChI=1S/C20H17BrFN5O4S/c1-26-10-17(24-11-26)32(29,30)31-14-6-3-12(4-7-14)20(18(28)27(2)19(23)25-20)13-5-8-16(22)15(21)9-13/h3-11H,1-2H3,(H2,23,25). The fraction of sp³-hybridized carbons (Fsp3) is 0.150. The van der Waals surface area contributed by atoms with Crippen LogP contribution in [0.1, 0.15) is 11.1 Å².